The molecule has 3 rings (SSSR count). The van der Waals surface area contributed by atoms with Crippen molar-refractivity contribution in [3.05, 3.63) is 36.0 Å². The first kappa shape index (κ1) is 58.4. The molecule has 0 bridgehead atoms. The van der Waals surface area contributed by atoms with Crippen molar-refractivity contribution in [2.75, 3.05) is 26.2 Å². The lowest BCUT2D eigenvalue weighted by Gasteiger charge is -2.31. The lowest BCUT2D eigenvalue weighted by atomic mass is 10.0. The average Bonchev–Trinajstić information content (AvgIpc) is 3.98. The summed E-state index contributed by atoms with van der Waals surface area (Å²) in [7, 11) is 0. The van der Waals surface area contributed by atoms with Crippen molar-refractivity contribution in [2.24, 2.45) is 39.4 Å². The number of fused-ring (bicyclic) bond motifs is 1. The van der Waals surface area contributed by atoms with Crippen LogP contribution in [0.3, 0.4) is 0 Å². The van der Waals surface area contributed by atoms with Crippen molar-refractivity contribution in [3.63, 3.8) is 0 Å². The van der Waals surface area contributed by atoms with Crippen LogP contribution in [0.15, 0.2) is 35.5 Å². The highest BCUT2D eigenvalue weighted by atomic mass is 16.4. The van der Waals surface area contributed by atoms with Crippen LogP contribution >= 0.6 is 0 Å². The number of rotatable bonds is 31. The van der Waals surface area contributed by atoms with Crippen molar-refractivity contribution in [2.45, 2.75) is 145 Å². The summed E-state index contributed by atoms with van der Waals surface area (Å²) in [6.45, 7) is 3.27. The lowest BCUT2D eigenvalue weighted by molar-refractivity contribution is -0.145. The highest BCUT2D eigenvalue weighted by molar-refractivity contribution is 5.98. The molecule has 26 heteroatoms. The zero-order chi connectivity index (χ0) is 52.8. The van der Waals surface area contributed by atoms with Crippen LogP contribution in [0.1, 0.15) is 90.0 Å². The summed E-state index contributed by atoms with van der Waals surface area (Å²) in [6, 6.07) is -3.32. The summed E-state index contributed by atoms with van der Waals surface area (Å²) in [6.07, 6.45) is 2.08. The van der Waals surface area contributed by atoms with Gasteiger partial charge in [-0.1, -0.05) is 18.2 Å². The molecule has 2 aromatic rings. The number of nitrogens with one attached hydrogen (secondary N) is 7. The number of aliphatic carboxylic acids is 1. The second-order valence-electron chi connectivity index (χ2n) is 17.6. The zero-order valence-corrected chi connectivity index (χ0v) is 40.3. The number of aliphatic hydroxyl groups is 1. The molecule has 1 aliphatic rings. The van der Waals surface area contributed by atoms with Gasteiger partial charge in [0, 0.05) is 30.2 Å². The van der Waals surface area contributed by atoms with Gasteiger partial charge >= 0.3 is 5.97 Å². The van der Waals surface area contributed by atoms with Gasteiger partial charge in [-0.05, 0) is 109 Å². The number of hydrogen-bond acceptors (Lipinski definition) is 14. The van der Waals surface area contributed by atoms with Crippen LogP contribution in [0.4, 0.5) is 0 Å². The Labute approximate surface area is 411 Å². The number of carbonyl (C=O) groups excluding carboxylic acids is 8. The fraction of sp³-hybridized carbons (Fsp3) is 0.600. The number of aliphatic hydroxyl groups excluding tert-OH is 1. The molecule has 0 saturated carbocycles. The molecule has 1 aromatic carbocycles. The van der Waals surface area contributed by atoms with Gasteiger partial charge in [-0.3, -0.25) is 43.3 Å². The molecule has 2 heterocycles. The van der Waals surface area contributed by atoms with E-state index < -0.39 is 114 Å². The molecule has 1 fully saturated rings. The molecule has 394 valence electrons. The van der Waals surface area contributed by atoms with Gasteiger partial charge in [-0.25, -0.2) is 4.79 Å². The Bertz CT molecular complexity index is 2180. The van der Waals surface area contributed by atoms with E-state index in [-0.39, 0.29) is 70.7 Å². The molecular formula is C45H73N15O11. The molecule has 1 aromatic heterocycles. The Morgan fingerprint density at radius 1 is 0.746 bits per heavy atom. The standard InChI is InChI=1S/C45H73N15O11/c1-24(54-40(66)33(22-35(49)62)58-38(64)28(48)21-26-23-53-29-12-4-3-11-27(26)29)37(63)55-30(13-5-7-17-46)39(65)59-36(25(2)61)42(68)56-31(14-6-8-18-47)43(69)60-20-10-16-34(60)41(67)57-32(44(70)71)15-9-19-52-45(50)51/h3-4,11-12,23-25,28,30-34,36,53,61H,5-10,13-22,46-48H2,1-2H3,(H2,49,62)(H,54,66)(H,55,63)(H,56,68)(H,57,67)(H,58,64)(H,59,65)(H,70,71)(H4,50,51,52)/t24-,25+,28-,30-,31-,32-,33-,34-,36-/m0/s1. The number of carboxylic acids is 1. The van der Waals surface area contributed by atoms with Crippen molar-refractivity contribution >= 4 is 70.1 Å². The third kappa shape index (κ3) is 18.7. The van der Waals surface area contributed by atoms with Gasteiger partial charge in [0.25, 0.3) is 0 Å². The Hall–Kier alpha value is -6.90. The molecule has 26 nitrogen and oxygen atoms in total. The zero-order valence-electron chi connectivity index (χ0n) is 40.3. The fourth-order valence-corrected chi connectivity index (χ4v) is 7.96. The molecule has 0 radical (unpaired) electrons. The van der Waals surface area contributed by atoms with Crippen LogP contribution in [-0.2, 0) is 49.6 Å². The Morgan fingerprint density at radius 2 is 1.35 bits per heavy atom. The minimum absolute atomic E-state index is 0.0000953. The number of guanidine groups is 1. The average molecular weight is 1000 g/mol. The quantitative estimate of drug-likeness (QED) is 0.0193. The van der Waals surface area contributed by atoms with E-state index in [0.29, 0.717) is 32.1 Å². The number of nitrogens with zero attached hydrogens (tertiary/aromatic N) is 2. The number of carboxylic acid groups (broad SMARTS) is 1. The summed E-state index contributed by atoms with van der Waals surface area (Å²) < 4.78 is 0. The van der Waals surface area contributed by atoms with E-state index in [1.165, 1.54) is 18.7 Å². The van der Waals surface area contributed by atoms with Gasteiger partial charge in [0.2, 0.25) is 47.3 Å². The van der Waals surface area contributed by atoms with Crippen molar-refractivity contribution in [1.29, 1.82) is 0 Å². The number of primary amides is 1. The SMILES string of the molecule is C[C@H](NC(=O)[C@H](CC(N)=O)NC(=O)[C@@H](N)Cc1c[nH]c2ccccc12)C(=O)N[C@@H](CCCCN)C(=O)N[C@H](C(=O)N[C@@H](CCCCN)C(=O)N1CCC[C@H]1C(=O)N[C@@H](CCCN=C(N)N)C(=O)O)[C@@H](C)O. The first-order valence-corrected chi connectivity index (χ1v) is 23.8. The van der Waals surface area contributed by atoms with Crippen LogP contribution in [0.5, 0.6) is 0 Å². The molecule has 1 saturated heterocycles. The van der Waals surface area contributed by atoms with E-state index in [2.05, 4.69) is 41.9 Å². The van der Waals surface area contributed by atoms with Gasteiger partial charge in [0.05, 0.1) is 18.6 Å². The molecule has 0 spiro atoms. The van der Waals surface area contributed by atoms with E-state index in [0.717, 1.165) is 16.5 Å². The van der Waals surface area contributed by atoms with E-state index in [1.807, 2.05) is 24.3 Å². The molecule has 9 atom stereocenters. The normalized spacial score (nSPS) is 16.7. The highest BCUT2D eigenvalue weighted by Crippen LogP contribution is 2.22. The van der Waals surface area contributed by atoms with E-state index >= 15 is 0 Å². The predicted molar refractivity (Wildman–Crippen MR) is 261 cm³/mol. The number of benzene rings is 1. The number of aliphatic imine (C=N–C) groups is 1. The van der Waals surface area contributed by atoms with Gasteiger partial charge < -0.3 is 86.4 Å². The van der Waals surface area contributed by atoms with Gasteiger partial charge in [0.1, 0.15) is 42.3 Å². The number of hydrogen-bond donors (Lipinski definition) is 15. The number of unbranched alkanes of at least 4 members (excludes halogenated alkanes) is 2. The van der Waals surface area contributed by atoms with E-state index in [1.54, 1.807) is 6.20 Å². The first-order valence-electron chi connectivity index (χ1n) is 23.8. The van der Waals surface area contributed by atoms with Crippen molar-refractivity contribution in [3.8, 4) is 0 Å². The number of nitrogens with two attached hydrogens (primary N) is 6. The van der Waals surface area contributed by atoms with E-state index in [9.17, 15) is 53.4 Å². The van der Waals surface area contributed by atoms with Gasteiger partial charge in [-0.2, -0.15) is 0 Å². The summed E-state index contributed by atoms with van der Waals surface area (Å²) in [5.74, 6) is -8.24. The summed E-state index contributed by atoms with van der Waals surface area (Å²) in [5.41, 5.74) is 35.2. The van der Waals surface area contributed by atoms with Crippen LogP contribution in [0, 0.1) is 0 Å². The third-order valence-corrected chi connectivity index (χ3v) is 11.8. The minimum atomic E-state index is -1.67. The van der Waals surface area contributed by atoms with Crippen LogP contribution in [-0.4, -0.2) is 160 Å². The summed E-state index contributed by atoms with van der Waals surface area (Å²) in [5, 5.41) is 36.4. The molecule has 1 aliphatic heterocycles. The first-order chi connectivity index (χ1) is 33.7. The number of H-pyrrole nitrogens is 1. The smallest absolute Gasteiger partial charge is 0.326 e. The number of aromatic amines is 1. The number of likely N-dealkylation sites (tertiary alicyclic amines) is 1. The van der Waals surface area contributed by atoms with Crippen LogP contribution < -0.4 is 66.3 Å². The number of para-hydroxylation sites is 1. The second kappa shape index (κ2) is 29.3. The number of carbonyl (C=O) groups is 9. The maximum atomic E-state index is 14.1. The van der Waals surface area contributed by atoms with Crippen LogP contribution in [0.2, 0.25) is 0 Å². The van der Waals surface area contributed by atoms with Crippen LogP contribution in [0.25, 0.3) is 10.9 Å². The molecular weight excluding hydrogens is 927 g/mol. The number of aromatic nitrogens is 1. The minimum Gasteiger partial charge on any atom is -0.480 e. The summed E-state index contributed by atoms with van der Waals surface area (Å²) >= 11 is 0. The second-order valence-corrected chi connectivity index (χ2v) is 17.6. The molecule has 71 heavy (non-hydrogen) atoms. The van der Waals surface area contributed by atoms with Gasteiger partial charge in [0.15, 0.2) is 5.96 Å². The van der Waals surface area contributed by atoms with E-state index in [4.69, 9.17) is 34.4 Å². The van der Waals surface area contributed by atoms with Crippen molar-refractivity contribution in [1.82, 2.24) is 41.8 Å². The molecule has 0 unspecified atom stereocenters. The third-order valence-electron chi connectivity index (χ3n) is 11.8. The maximum Gasteiger partial charge on any atom is 0.326 e. The number of amides is 8. The van der Waals surface area contributed by atoms with Crippen molar-refractivity contribution < 1.29 is 53.4 Å². The Balaban J connectivity index is 1.72. The van der Waals surface area contributed by atoms with Gasteiger partial charge in [-0.15, -0.1) is 0 Å². The largest absolute Gasteiger partial charge is 0.480 e. The maximum absolute atomic E-state index is 14.1. The topological polar surface area (TPSA) is 454 Å². The summed E-state index contributed by atoms with van der Waals surface area (Å²) in [4.78, 5) is 128. The predicted octanol–water partition coefficient (Wildman–Crippen LogP) is -4.39. The Morgan fingerprint density at radius 3 is 1.97 bits per heavy atom. The highest BCUT2D eigenvalue weighted by Gasteiger charge is 2.40. The molecule has 21 N–H and O–H groups in total. The molecule has 0 aliphatic carbocycles. The fourth-order valence-electron chi connectivity index (χ4n) is 7.96. The lowest BCUT2D eigenvalue weighted by Crippen LogP contribution is -2.61. The molecule has 8 amide bonds. The monoisotopic (exact) mass is 1000 g/mol. The Kier molecular flexibility index (Phi) is 24.1.